The summed E-state index contributed by atoms with van der Waals surface area (Å²) in [6.45, 7) is 0.899. The Morgan fingerprint density at radius 3 is 2.38 bits per heavy atom. The second-order valence-corrected chi connectivity index (χ2v) is 7.51. The van der Waals surface area contributed by atoms with Crippen molar-refractivity contribution in [2.45, 2.75) is 4.90 Å². The zero-order valence-electron chi connectivity index (χ0n) is 10.8. The maximum Gasteiger partial charge on any atom is 0.301 e. The van der Waals surface area contributed by atoms with Gasteiger partial charge >= 0.3 is 10.2 Å². The van der Waals surface area contributed by atoms with Crippen molar-refractivity contribution in [1.29, 1.82) is 0 Å². The van der Waals surface area contributed by atoms with E-state index in [9.17, 15) is 21.2 Å². The molecule has 0 amide bonds. The van der Waals surface area contributed by atoms with Crippen molar-refractivity contribution >= 4 is 25.9 Å². The molecular formula is C10H14FN3O5S2. The Morgan fingerprint density at radius 2 is 1.81 bits per heavy atom. The smallest absolute Gasteiger partial charge is 0.301 e. The Bertz CT molecular complexity index is 729. The average Bonchev–Trinajstić information content (AvgIpc) is 2.40. The number of hydrogen-bond donors (Lipinski definition) is 2. The molecule has 3 N–H and O–H groups in total. The molecule has 0 spiro atoms. The van der Waals surface area contributed by atoms with E-state index in [0.29, 0.717) is 0 Å². The van der Waals surface area contributed by atoms with E-state index >= 15 is 0 Å². The van der Waals surface area contributed by atoms with Crippen molar-refractivity contribution in [3.05, 3.63) is 24.0 Å². The summed E-state index contributed by atoms with van der Waals surface area (Å²) in [4.78, 5) is -0.773. The van der Waals surface area contributed by atoms with Crippen LogP contribution in [0.4, 0.5) is 10.1 Å². The van der Waals surface area contributed by atoms with Gasteiger partial charge in [0, 0.05) is 13.1 Å². The lowest BCUT2D eigenvalue weighted by atomic mass is 10.3. The molecule has 0 atom stereocenters. The number of nitrogens with zero attached hydrogens (tertiary/aromatic N) is 1. The minimum atomic E-state index is -4.28. The summed E-state index contributed by atoms with van der Waals surface area (Å²) in [5.74, 6) is -1.05. The normalized spacial score (nSPS) is 17.6. The van der Waals surface area contributed by atoms with Crippen LogP contribution in [0, 0.1) is 5.82 Å². The Kier molecular flexibility index (Phi) is 4.49. The summed E-state index contributed by atoms with van der Waals surface area (Å²) in [6, 6.07) is 2.78. The van der Waals surface area contributed by atoms with Crippen molar-refractivity contribution in [2.24, 2.45) is 5.14 Å². The van der Waals surface area contributed by atoms with E-state index in [0.717, 1.165) is 22.5 Å². The molecule has 0 aliphatic carbocycles. The molecule has 8 nitrogen and oxygen atoms in total. The molecule has 1 aliphatic rings. The molecule has 0 radical (unpaired) electrons. The van der Waals surface area contributed by atoms with E-state index in [2.05, 4.69) is 4.72 Å². The highest BCUT2D eigenvalue weighted by atomic mass is 32.2. The van der Waals surface area contributed by atoms with Gasteiger partial charge in [-0.2, -0.15) is 12.7 Å². The highest BCUT2D eigenvalue weighted by molar-refractivity contribution is 7.90. The van der Waals surface area contributed by atoms with Crippen molar-refractivity contribution in [1.82, 2.24) is 4.31 Å². The van der Waals surface area contributed by atoms with Gasteiger partial charge in [-0.15, -0.1) is 0 Å². The number of primary sulfonamides is 1. The minimum Gasteiger partial charge on any atom is -0.379 e. The number of sulfonamides is 1. The maximum atomic E-state index is 13.4. The van der Waals surface area contributed by atoms with E-state index in [-0.39, 0.29) is 32.0 Å². The van der Waals surface area contributed by atoms with Gasteiger partial charge in [-0.05, 0) is 18.2 Å². The van der Waals surface area contributed by atoms with E-state index < -0.39 is 30.9 Å². The predicted octanol–water partition coefficient (Wildman–Crippen LogP) is -0.538. The first-order chi connectivity index (χ1) is 9.70. The highest BCUT2D eigenvalue weighted by Gasteiger charge is 2.25. The first kappa shape index (κ1) is 16.1. The van der Waals surface area contributed by atoms with Crippen LogP contribution in [0.1, 0.15) is 0 Å². The third-order valence-corrected chi connectivity index (χ3v) is 5.26. The van der Waals surface area contributed by atoms with Gasteiger partial charge in [0.05, 0.1) is 18.9 Å². The maximum absolute atomic E-state index is 13.4. The Morgan fingerprint density at radius 1 is 1.19 bits per heavy atom. The molecule has 0 bridgehead atoms. The van der Waals surface area contributed by atoms with Gasteiger partial charge in [-0.25, -0.2) is 17.9 Å². The SMILES string of the molecule is NS(=O)(=O)c1cc(NS(=O)(=O)N2CCOCC2)ccc1F. The van der Waals surface area contributed by atoms with Crippen molar-refractivity contribution in [3.63, 3.8) is 0 Å². The highest BCUT2D eigenvalue weighted by Crippen LogP contribution is 2.20. The minimum absolute atomic E-state index is 0.0908. The van der Waals surface area contributed by atoms with Crippen LogP contribution >= 0.6 is 0 Å². The zero-order valence-corrected chi connectivity index (χ0v) is 12.5. The molecule has 11 heteroatoms. The molecule has 1 aliphatic heterocycles. The number of anilines is 1. The lowest BCUT2D eigenvalue weighted by Gasteiger charge is -2.26. The van der Waals surface area contributed by atoms with E-state index in [1.165, 1.54) is 0 Å². The van der Waals surface area contributed by atoms with Gasteiger partial charge in [0.25, 0.3) is 0 Å². The first-order valence-electron chi connectivity index (χ1n) is 5.88. The Hall–Kier alpha value is -1.27. The van der Waals surface area contributed by atoms with E-state index in [4.69, 9.17) is 9.88 Å². The van der Waals surface area contributed by atoms with Gasteiger partial charge in [-0.3, -0.25) is 4.72 Å². The van der Waals surface area contributed by atoms with Crippen LogP contribution in [-0.2, 0) is 25.0 Å². The number of ether oxygens (including phenoxy) is 1. The Labute approximate surface area is 121 Å². The summed E-state index contributed by atoms with van der Waals surface area (Å²) in [5, 5.41) is 4.86. The monoisotopic (exact) mass is 339 g/mol. The number of halogens is 1. The van der Waals surface area contributed by atoms with E-state index in [1.807, 2.05) is 0 Å². The van der Waals surface area contributed by atoms with Crippen molar-refractivity contribution in [3.8, 4) is 0 Å². The Balaban J connectivity index is 2.27. The molecule has 1 saturated heterocycles. The number of nitrogens with two attached hydrogens (primary N) is 1. The van der Waals surface area contributed by atoms with Crippen LogP contribution in [0.15, 0.2) is 23.1 Å². The number of benzene rings is 1. The van der Waals surface area contributed by atoms with Gasteiger partial charge in [-0.1, -0.05) is 0 Å². The van der Waals surface area contributed by atoms with Gasteiger partial charge in [0.2, 0.25) is 10.0 Å². The summed E-state index contributed by atoms with van der Waals surface area (Å²) >= 11 is 0. The summed E-state index contributed by atoms with van der Waals surface area (Å²) < 4.78 is 68.4. The van der Waals surface area contributed by atoms with Crippen LogP contribution < -0.4 is 9.86 Å². The van der Waals surface area contributed by atoms with Gasteiger partial charge < -0.3 is 4.74 Å². The molecular weight excluding hydrogens is 325 g/mol. The molecule has 21 heavy (non-hydrogen) atoms. The third kappa shape index (κ3) is 3.89. The fraction of sp³-hybridized carbons (Fsp3) is 0.400. The van der Waals surface area contributed by atoms with Crippen molar-refractivity contribution < 1.29 is 26.0 Å². The third-order valence-electron chi connectivity index (χ3n) is 2.79. The number of nitrogens with one attached hydrogen (secondary N) is 1. The standard InChI is InChI=1S/C10H14FN3O5S2/c11-9-2-1-8(7-10(9)20(12,15)16)13-21(17,18)14-3-5-19-6-4-14/h1-2,7,13H,3-6H2,(H2,12,15,16). The largest absolute Gasteiger partial charge is 0.379 e. The quantitative estimate of drug-likeness (QED) is 0.764. The van der Waals surface area contributed by atoms with Gasteiger partial charge in [0.1, 0.15) is 10.7 Å². The van der Waals surface area contributed by atoms with Crippen LogP contribution in [0.5, 0.6) is 0 Å². The average molecular weight is 339 g/mol. The first-order valence-corrected chi connectivity index (χ1v) is 8.87. The van der Waals surface area contributed by atoms with Gasteiger partial charge in [0.15, 0.2) is 0 Å². The molecule has 0 unspecified atom stereocenters. The van der Waals surface area contributed by atoms with Crippen LogP contribution in [0.2, 0.25) is 0 Å². The van der Waals surface area contributed by atoms with Crippen LogP contribution in [0.25, 0.3) is 0 Å². The summed E-state index contributed by atoms with van der Waals surface area (Å²) in [5.41, 5.74) is -0.0908. The number of rotatable bonds is 4. The predicted molar refractivity (Wildman–Crippen MR) is 72.7 cm³/mol. The molecule has 2 rings (SSSR count). The molecule has 0 saturated carbocycles. The zero-order chi connectivity index (χ0) is 15.7. The molecule has 0 aromatic heterocycles. The fourth-order valence-electron chi connectivity index (χ4n) is 1.79. The number of morpholine rings is 1. The lowest BCUT2D eigenvalue weighted by Crippen LogP contribution is -2.43. The van der Waals surface area contributed by atoms with Crippen LogP contribution in [0.3, 0.4) is 0 Å². The molecule has 118 valence electrons. The molecule has 1 heterocycles. The van der Waals surface area contributed by atoms with Crippen molar-refractivity contribution in [2.75, 3.05) is 31.0 Å². The van der Waals surface area contributed by atoms with Crippen LogP contribution in [-0.4, -0.2) is 47.4 Å². The summed E-state index contributed by atoms with van der Waals surface area (Å²) in [6.07, 6.45) is 0. The second-order valence-electron chi connectivity index (χ2n) is 4.31. The van der Waals surface area contributed by atoms with E-state index in [1.54, 1.807) is 0 Å². The molecule has 1 aromatic carbocycles. The number of hydrogen-bond acceptors (Lipinski definition) is 5. The fourth-order valence-corrected chi connectivity index (χ4v) is 3.60. The lowest BCUT2D eigenvalue weighted by molar-refractivity contribution is 0.0733. The molecule has 1 fully saturated rings. The molecule has 1 aromatic rings. The second kappa shape index (κ2) is 5.85. The topological polar surface area (TPSA) is 119 Å². The summed E-state index contributed by atoms with van der Waals surface area (Å²) in [7, 11) is -8.15.